The van der Waals surface area contributed by atoms with Crippen molar-refractivity contribution in [1.82, 2.24) is 4.90 Å². The predicted octanol–water partition coefficient (Wildman–Crippen LogP) is 1.44. The first-order chi connectivity index (χ1) is 9.06. The van der Waals surface area contributed by atoms with Crippen molar-refractivity contribution in [1.29, 1.82) is 0 Å². The van der Waals surface area contributed by atoms with E-state index in [1.54, 1.807) is 7.05 Å². The Morgan fingerprint density at radius 1 is 1.42 bits per heavy atom. The first-order valence-electron chi connectivity index (χ1n) is 6.26. The van der Waals surface area contributed by atoms with Gasteiger partial charge < -0.3 is 14.7 Å². The topological polar surface area (TPSA) is 66.8 Å². The van der Waals surface area contributed by atoms with Gasteiger partial charge in [0.05, 0.1) is 6.61 Å². The standard InChI is InChI=1S/C14H17NO4/c1-15(13(16)8-14(17)18)9-10-4-5-12-11(7-10)3-2-6-19-12/h4-5,7H,2-3,6,8-9H2,1H3,(H,17,18). The summed E-state index contributed by atoms with van der Waals surface area (Å²) < 4.78 is 5.53. The fourth-order valence-corrected chi connectivity index (χ4v) is 2.14. The second-order valence-electron chi connectivity index (χ2n) is 4.71. The minimum absolute atomic E-state index is 0.388. The number of carbonyl (C=O) groups excluding carboxylic acids is 1. The summed E-state index contributed by atoms with van der Waals surface area (Å²) in [6.07, 6.45) is 1.52. The maximum Gasteiger partial charge on any atom is 0.312 e. The minimum atomic E-state index is -1.10. The number of aliphatic carboxylic acids is 1. The number of nitrogens with zero attached hydrogens (tertiary/aromatic N) is 1. The molecule has 0 aliphatic carbocycles. The number of hydrogen-bond acceptors (Lipinski definition) is 3. The summed E-state index contributed by atoms with van der Waals surface area (Å²) in [7, 11) is 1.61. The van der Waals surface area contributed by atoms with Gasteiger partial charge in [-0.3, -0.25) is 9.59 Å². The molecule has 0 aromatic heterocycles. The van der Waals surface area contributed by atoms with Gasteiger partial charge in [0, 0.05) is 13.6 Å². The van der Waals surface area contributed by atoms with Crippen molar-refractivity contribution in [3.8, 4) is 5.75 Å². The van der Waals surface area contributed by atoms with Gasteiger partial charge in [0.25, 0.3) is 0 Å². The van der Waals surface area contributed by atoms with Gasteiger partial charge in [-0.1, -0.05) is 12.1 Å². The zero-order chi connectivity index (χ0) is 13.8. The molecule has 5 heteroatoms. The third kappa shape index (κ3) is 3.47. The van der Waals surface area contributed by atoms with Crippen LogP contribution in [0.5, 0.6) is 5.75 Å². The van der Waals surface area contributed by atoms with E-state index in [9.17, 15) is 9.59 Å². The van der Waals surface area contributed by atoms with Gasteiger partial charge in [-0.25, -0.2) is 0 Å². The maximum absolute atomic E-state index is 11.6. The van der Waals surface area contributed by atoms with E-state index in [0.29, 0.717) is 6.54 Å². The Morgan fingerprint density at radius 2 is 2.21 bits per heavy atom. The monoisotopic (exact) mass is 263 g/mol. The van der Waals surface area contributed by atoms with E-state index in [1.807, 2.05) is 18.2 Å². The van der Waals surface area contributed by atoms with E-state index in [4.69, 9.17) is 9.84 Å². The summed E-state index contributed by atoms with van der Waals surface area (Å²) in [6.45, 7) is 1.17. The van der Waals surface area contributed by atoms with Crippen molar-refractivity contribution < 1.29 is 19.4 Å². The minimum Gasteiger partial charge on any atom is -0.493 e. The highest BCUT2D eigenvalue weighted by Gasteiger charge is 2.15. The molecule has 0 radical (unpaired) electrons. The fraction of sp³-hybridized carbons (Fsp3) is 0.429. The summed E-state index contributed by atoms with van der Waals surface area (Å²) in [4.78, 5) is 23.5. The molecule has 1 heterocycles. The number of benzene rings is 1. The van der Waals surface area contributed by atoms with Crippen molar-refractivity contribution in [2.75, 3.05) is 13.7 Å². The molecule has 2 rings (SSSR count). The van der Waals surface area contributed by atoms with Crippen LogP contribution in [-0.2, 0) is 22.6 Å². The van der Waals surface area contributed by atoms with E-state index in [2.05, 4.69) is 0 Å². The lowest BCUT2D eigenvalue weighted by Crippen LogP contribution is -2.28. The highest BCUT2D eigenvalue weighted by molar-refractivity contribution is 5.93. The first kappa shape index (κ1) is 13.4. The van der Waals surface area contributed by atoms with Crippen LogP contribution in [0.1, 0.15) is 24.0 Å². The highest BCUT2D eigenvalue weighted by Crippen LogP contribution is 2.25. The molecule has 102 valence electrons. The van der Waals surface area contributed by atoms with Gasteiger partial charge in [-0.2, -0.15) is 0 Å². The van der Waals surface area contributed by atoms with Crippen LogP contribution >= 0.6 is 0 Å². The summed E-state index contributed by atoms with van der Waals surface area (Å²) in [6, 6.07) is 5.85. The molecular weight excluding hydrogens is 246 g/mol. The Hall–Kier alpha value is -2.04. The molecule has 1 N–H and O–H groups in total. The molecule has 0 saturated carbocycles. The Kier molecular flexibility index (Phi) is 4.04. The Labute approximate surface area is 111 Å². The zero-order valence-electron chi connectivity index (χ0n) is 10.9. The van der Waals surface area contributed by atoms with Gasteiger partial charge in [-0.15, -0.1) is 0 Å². The predicted molar refractivity (Wildman–Crippen MR) is 69.0 cm³/mol. The average Bonchev–Trinajstić information content (AvgIpc) is 2.37. The Bertz CT molecular complexity index is 498. The summed E-state index contributed by atoms with van der Waals surface area (Å²) >= 11 is 0. The largest absolute Gasteiger partial charge is 0.493 e. The number of rotatable bonds is 4. The van der Waals surface area contributed by atoms with Crippen LogP contribution in [0.25, 0.3) is 0 Å². The summed E-state index contributed by atoms with van der Waals surface area (Å²) in [5.74, 6) is -0.577. The lowest BCUT2D eigenvalue weighted by molar-refractivity contribution is -0.143. The number of carbonyl (C=O) groups is 2. The molecule has 0 atom stereocenters. The van der Waals surface area contributed by atoms with Crippen LogP contribution in [0.3, 0.4) is 0 Å². The van der Waals surface area contributed by atoms with E-state index in [1.165, 1.54) is 4.90 Å². The number of fused-ring (bicyclic) bond motifs is 1. The number of carboxylic acid groups (broad SMARTS) is 1. The van der Waals surface area contributed by atoms with Gasteiger partial charge >= 0.3 is 5.97 Å². The van der Waals surface area contributed by atoms with Gasteiger partial charge in [0.15, 0.2) is 0 Å². The molecule has 1 amide bonds. The van der Waals surface area contributed by atoms with E-state index in [0.717, 1.165) is 36.3 Å². The lowest BCUT2D eigenvalue weighted by Gasteiger charge is -2.20. The number of ether oxygens (including phenoxy) is 1. The number of amides is 1. The fourth-order valence-electron chi connectivity index (χ4n) is 2.14. The Balaban J connectivity index is 2.02. The second-order valence-corrected chi connectivity index (χ2v) is 4.71. The molecule has 1 aromatic rings. The van der Waals surface area contributed by atoms with Crippen molar-refractivity contribution in [3.63, 3.8) is 0 Å². The SMILES string of the molecule is CN(Cc1ccc2c(c1)CCCO2)C(=O)CC(=O)O. The van der Waals surface area contributed by atoms with Crippen molar-refractivity contribution in [3.05, 3.63) is 29.3 Å². The number of hydrogen-bond donors (Lipinski definition) is 1. The van der Waals surface area contributed by atoms with Crippen LogP contribution in [0, 0.1) is 0 Å². The van der Waals surface area contributed by atoms with Gasteiger partial charge in [0.2, 0.25) is 5.91 Å². The molecule has 19 heavy (non-hydrogen) atoms. The maximum atomic E-state index is 11.6. The lowest BCUT2D eigenvalue weighted by atomic mass is 10.0. The van der Waals surface area contributed by atoms with Crippen molar-refractivity contribution in [2.24, 2.45) is 0 Å². The third-order valence-corrected chi connectivity index (χ3v) is 3.12. The van der Waals surface area contributed by atoms with Crippen LogP contribution in [0.4, 0.5) is 0 Å². The van der Waals surface area contributed by atoms with E-state index < -0.39 is 12.4 Å². The number of aryl methyl sites for hydroxylation is 1. The molecular formula is C14H17NO4. The third-order valence-electron chi connectivity index (χ3n) is 3.12. The van der Waals surface area contributed by atoms with Crippen LogP contribution in [0.2, 0.25) is 0 Å². The summed E-state index contributed by atoms with van der Waals surface area (Å²) in [5, 5.41) is 8.59. The quantitative estimate of drug-likeness (QED) is 0.835. The normalized spacial score (nSPS) is 13.3. The molecule has 0 unspecified atom stereocenters. The molecule has 0 saturated heterocycles. The van der Waals surface area contributed by atoms with Crippen molar-refractivity contribution in [2.45, 2.75) is 25.8 Å². The molecule has 1 aromatic carbocycles. The summed E-state index contributed by atoms with van der Waals surface area (Å²) in [5.41, 5.74) is 2.15. The smallest absolute Gasteiger partial charge is 0.312 e. The number of carboxylic acids is 1. The second kappa shape index (κ2) is 5.73. The highest BCUT2D eigenvalue weighted by atomic mass is 16.5. The van der Waals surface area contributed by atoms with Crippen LogP contribution in [0.15, 0.2) is 18.2 Å². The molecule has 0 fully saturated rings. The molecule has 1 aliphatic rings. The van der Waals surface area contributed by atoms with Crippen LogP contribution < -0.4 is 4.74 Å². The average molecular weight is 263 g/mol. The van der Waals surface area contributed by atoms with Gasteiger partial charge in [-0.05, 0) is 30.0 Å². The molecule has 0 spiro atoms. The van der Waals surface area contributed by atoms with Crippen molar-refractivity contribution >= 4 is 11.9 Å². The molecule has 1 aliphatic heterocycles. The van der Waals surface area contributed by atoms with Gasteiger partial charge in [0.1, 0.15) is 12.2 Å². The van der Waals surface area contributed by atoms with E-state index >= 15 is 0 Å². The van der Waals surface area contributed by atoms with Crippen LogP contribution in [-0.4, -0.2) is 35.5 Å². The molecule has 0 bridgehead atoms. The Morgan fingerprint density at radius 3 is 2.95 bits per heavy atom. The first-order valence-corrected chi connectivity index (χ1v) is 6.26. The van der Waals surface area contributed by atoms with E-state index in [-0.39, 0.29) is 5.91 Å². The zero-order valence-corrected chi connectivity index (χ0v) is 10.9. The molecule has 5 nitrogen and oxygen atoms in total.